The highest BCUT2D eigenvalue weighted by molar-refractivity contribution is 6.35. The zero-order valence-corrected chi connectivity index (χ0v) is 51.3. The number of hydrogen-bond acceptors (Lipinski definition) is 16. The summed E-state index contributed by atoms with van der Waals surface area (Å²) in [7, 11) is 4.47. The molecule has 22 nitrogen and oxygen atoms in total. The van der Waals surface area contributed by atoms with Crippen LogP contribution in [0.5, 0.6) is 5.75 Å². The molecule has 2 aromatic carbocycles. The summed E-state index contributed by atoms with van der Waals surface area (Å²) in [6, 6.07) is 8.34. The predicted molar refractivity (Wildman–Crippen MR) is 320 cm³/mol. The molecule has 0 aliphatic carbocycles. The molecule has 1 unspecified atom stereocenters. The number of allylic oxidation sites excluding steroid dienone is 3. The van der Waals surface area contributed by atoms with Crippen LogP contribution in [0.15, 0.2) is 66.4 Å². The van der Waals surface area contributed by atoms with Crippen molar-refractivity contribution >= 4 is 87.2 Å². The number of imide groups is 1. The molecule has 4 aliphatic rings. The first-order valence-corrected chi connectivity index (χ1v) is 29.8. The molecule has 3 saturated heterocycles. The van der Waals surface area contributed by atoms with E-state index in [4.69, 9.17) is 41.0 Å². The van der Waals surface area contributed by atoms with Gasteiger partial charge in [-0.15, -0.1) is 0 Å². The lowest BCUT2D eigenvalue weighted by atomic mass is 9.78. The number of carbonyl (C=O) groups is 9. The average Bonchev–Trinajstić information content (AvgIpc) is 1.60. The minimum atomic E-state index is -1.66. The van der Waals surface area contributed by atoms with Gasteiger partial charge >= 0.3 is 18.1 Å². The number of hydrogen-bond donors (Lipinski definition) is 5. The smallest absolute Gasteiger partial charge is 0.412 e. The Hall–Kier alpha value is -7.27. The molecule has 466 valence electrons. The number of aliphatic hydroxyl groups is 1. The van der Waals surface area contributed by atoms with Gasteiger partial charge in [0.1, 0.15) is 46.1 Å². The molecule has 0 spiro atoms. The van der Waals surface area contributed by atoms with Crippen molar-refractivity contribution < 1.29 is 71.9 Å². The van der Waals surface area contributed by atoms with Crippen molar-refractivity contribution in [1.29, 1.82) is 0 Å². The van der Waals surface area contributed by atoms with E-state index in [9.17, 15) is 48.3 Å². The first kappa shape index (κ1) is 66.3. The van der Waals surface area contributed by atoms with Gasteiger partial charge in [-0.3, -0.25) is 48.8 Å². The second-order valence-electron chi connectivity index (χ2n) is 23.8. The van der Waals surface area contributed by atoms with Crippen molar-refractivity contribution in [3.63, 3.8) is 0 Å². The van der Waals surface area contributed by atoms with Crippen LogP contribution >= 0.6 is 11.6 Å². The number of nitrogens with two attached hydrogens (primary N) is 1. The number of epoxide rings is 1. The van der Waals surface area contributed by atoms with Gasteiger partial charge in [0, 0.05) is 88.7 Å². The fourth-order valence-electron chi connectivity index (χ4n) is 11.9. The summed E-state index contributed by atoms with van der Waals surface area (Å²) in [6.07, 6.45) is 3.96. The number of urea groups is 1. The van der Waals surface area contributed by atoms with Crippen LogP contribution in [-0.2, 0) is 65.4 Å². The fraction of sp³-hybridized carbons (Fsp3) is 0.556. The third-order valence-electron chi connectivity index (χ3n) is 17.0. The molecule has 6 N–H and O–H groups in total. The Morgan fingerprint density at radius 2 is 1.76 bits per heavy atom. The standard InChI is InChI=1S/C63H82ClN7O15/c1-35(2)43(31-41(72)17-11-10-12-25-71-53(75)27-37(4)59(71)78)58(77)68-44(19-15-24-67-60(65)79)47(73)30-40-21-22-45(56-42(40)18-14-23-66-56)69-61(80)85-51-32-52(74)70(7)46-28-39(29-48(82-8)55(46)64)26-36(3)16-13-20-50(83-9)63(81)33-49(84-54(76)34-63)38(5)57-62(51,6)86-57/h13-14,16,18,20-23,28-29,35,37-38,43-44,49-51,57,81H,10-12,15,17,19,24-27,30-34H2,1-9H3,(H,68,77)(H,69,80)(H3,65,67,79)/b20-13+,36-16+/t37?,38-,43+,44+,49+,50-,51+,57+,62+,63-/m1/s1. The predicted octanol–water partition coefficient (Wildman–Crippen LogP) is 7.40. The van der Waals surface area contributed by atoms with Crippen LogP contribution in [-0.4, -0.2) is 144 Å². The van der Waals surface area contributed by atoms with Crippen LogP contribution in [0.3, 0.4) is 0 Å². The number of aromatic nitrogens is 1. The van der Waals surface area contributed by atoms with E-state index in [-0.39, 0.29) is 109 Å². The summed E-state index contributed by atoms with van der Waals surface area (Å²) in [6.45, 7) is 11.2. The van der Waals surface area contributed by atoms with E-state index in [1.165, 1.54) is 30.2 Å². The van der Waals surface area contributed by atoms with Gasteiger partial charge in [0.2, 0.25) is 23.6 Å². The first-order valence-electron chi connectivity index (χ1n) is 29.4. The van der Waals surface area contributed by atoms with Gasteiger partial charge in [-0.2, -0.15) is 0 Å². The largest absolute Gasteiger partial charge is 0.495 e. The number of likely N-dealkylation sites (tertiary alicyclic amines) is 1. The number of ether oxygens (including phenoxy) is 5. The molecule has 86 heavy (non-hydrogen) atoms. The van der Waals surface area contributed by atoms with Gasteiger partial charge in [-0.25, -0.2) is 9.59 Å². The summed E-state index contributed by atoms with van der Waals surface area (Å²) in [5.74, 6) is -4.11. The lowest BCUT2D eigenvalue weighted by Gasteiger charge is -2.41. The molecule has 0 radical (unpaired) electrons. The molecule has 5 heterocycles. The maximum Gasteiger partial charge on any atom is 0.412 e. The molecule has 10 atom stereocenters. The number of anilines is 2. The fourth-order valence-corrected chi connectivity index (χ4v) is 12.2. The van der Waals surface area contributed by atoms with Gasteiger partial charge in [0.05, 0.1) is 49.0 Å². The third-order valence-corrected chi connectivity index (χ3v) is 17.4. The number of nitrogens with one attached hydrogen (secondary N) is 3. The van der Waals surface area contributed by atoms with E-state index < -0.39 is 89.8 Å². The van der Waals surface area contributed by atoms with E-state index >= 15 is 0 Å². The highest BCUT2D eigenvalue weighted by Crippen LogP contribution is 2.50. The van der Waals surface area contributed by atoms with E-state index in [0.717, 1.165) is 11.1 Å². The van der Waals surface area contributed by atoms with Crippen molar-refractivity contribution in [2.75, 3.05) is 44.6 Å². The number of nitrogens with zero attached hydrogens (tertiary/aromatic N) is 3. The summed E-state index contributed by atoms with van der Waals surface area (Å²) >= 11 is 6.88. The van der Waals surface area contributed by atoms with Gasteiger partial charge in [0.15, 0.2) is 5.78 Å². The number of pyridine rings is 1. The molecule has 1 aromatic heterocycles. The Labute approximate surface area is 506 Å². The number of amides is 7. The van der Waals surface area contributed by atoms with Crippen LogP contribution in [0, 0.1) is 23.7 Å². The Bertz CT molecular complexity index is 3130. The number of halogens is 1. The van der Waals surface area contributed by atoms with Gasteiger partial charge in [-0.05, 0) is 87.3 Å². The number of primary amides is 1. The number of rotatable bonds is 22. The number of ketones is 2. The number of Topliss-reactive ketones (excluding diaryl/α,β-unsaturated/α-hetero) is 2. The van der Waals surface area contributed by atoms with E-state index in [2.05, 4.69) is 20.9 Å². The second-order valence-corrected chi connectivity index (χ2v) is 24.2. The van der Waals surface area contributed by atoms with Crippen molar-refractivity contribution in [3.05, 3.63) is 82.5 Å². The van der Waals surface area contributed by atoms with Crippen LogP contribution in [0.25, 0.3) is 10.9 Å². The number of methoxy groups -OCH3 is 2. The highest BCUT2D eigenvalue weighted by atomic mass is 35.5. The highest BCUT2D eigenvalue weighted by Gasteiger charge is 2.64. The van der Waals surface area contributed by atoms with Gasteiger partial charge in [0.25, 0.3) is 0 Å². The van der Waals surface area contributed by atoms with Gasteiger partial charge in [-0.1, -0.05) is 81.7 Å². The van der Waals surface area contributed by atoms with Crippen molar-refractivity contribution in [2.24, 2.45) is 29.4 Å². The third kappa shape index (κ3) is 16.2. The molecule has 23 heteroatoms. The van der Waals surface area contributed by atoms with Crippen molar-refractivity contribution in [1.82, 2.24) is 20.5 Å². The lowest BCUT2D eigenvalue weighted by molar-refractivity contribution is -0.187. The van der Waals surface area contributed by atoms with E-state index in [1.807, 2.05) is 26.8 Å². The maximum atomic E-state index is 14.6. The van der Waals surface area contributed by atoms with Crippen LogP contribution < -0.4 is 31.3 Å². The molecule has 0 saturated carbocycles. The molecule has 7 rings (SSSR count). The monoisotopic (exact) mass is 1210 g/mol. The lowest BCUT2D eigenvalue weighted by Crippen LogP contribution is -2.53. The summed E-state index contributed by atoms with van der Waals surface area (Å²) in [4.78, 5) is 127. The maximum absolute atomic E-state index is 14.6. The second kappa shape index (κ2) is 28.9. The summed E-state index contributed by atoms with van der Waals surface area (Å²) in [5, 5.41) is 20.9. The van der Waals surface area contributed by atoms with E-state index in [1.54, 1.807) is 76.4 Å². The Kier molecular flexibility index (Phi) is 22.3. The molecule has 3 fully saturated rings. The minimum absolute atomic E-state index is 0.00923. The van der Waals surface area contributed by atoms with Crippen LogP contribution in [0.4, 0.5) is 21.0 Å². The van der Waals surface area contributed by atoms with Gasteiger partial charge < -0.3 is 50.1 Å². The quantitative estimate of drug-likeness (QED) is 0.0283. The molecule has 7 amide bonds. The molecule has 3 aromatic rings. The Balaban J connectivity index is 1.09. The summed E-state index contributed by atoms with van der Waals surface area (Å²) in [5.41, 5.74) is 5.32. The SMILES string of the molecule is COc1cc2cc(c1Cl)N(C)C(=O)C[C@H](OC(=O)Nc1ccc(CC(=O)[C@H](CCCNC(N)=O)NC(=O)[C@@H](CC(=O)CCCCCN3C(=O)CC(C)C3=O)C(C)C)c3cccnc13)[C@]1(C)O[C@H]1[C@H](C)[C@@H]1C[C@@](O)(CC(=O)O1)[C@H](OC)/C=C/C=C(\C)C2. The van der Waals surface area contributed by atoms with Crippen LogP contribution in [0.2, 0.25) is 5.02 Å². The van der Waals surface area contributed by atoms with Crippen molar-refractivity contribution in [2.45, 2.75) is 167 Å². The Morgan fingerprint density at radius 1 is 1.00 bits per heavy atom. The molecule has 4 aliphatic heterocycles. The normalized spacial score (nSPS) is 26.0. The number of unbranched alkanes of at least 4 members (excludes halogenated alkanes) is 2. The molecule has 4 bridgehead atoms. The Morgan fingerprint density at radius 3 is 2.44 bits per heavy atom. The summed E-state index contributed by atoms with van der Waals surface area (Å²) < 4.78 is 29.9. The zero-order chi connectivity index (χ0) is 62.8. The van der Waals surface area contributed by atoms with Crippen LogP contribution in [0.1, 0.15) is 123 Å². The first-order chi connectivity index (χ1) is 40.8. The number of benzene rings is 2. The minimum Gasteiger partial charge on any atom is -0.495 e. The topological polar surface area (TPSA) is 305 Å². The zero-order valence-electron chi connectivity index (χ0n) is 50.5. The number of carbonyl (C=O) groups excluding carboxylic acids is 9. The van der Waals surface area contributed by atoms with Crippen molar-refractivity contribution in [3.8, 4) is 5.75 Å². The number of fused-ring (bicyclic) bond motifs is 6. The number of esters is 1. The molecular weight excluding hydrogens is 1130 g/mol. The molecular formula is C63H82ClN7O15. The van der Waals surface area contributed by atoms with E-state index in [0.29, 0.717) is 54.6 Å². The average molecular weight is 1210 g/mol.